The lowest BCUT2D eigenvalue weighted by molar-refractivity contribution is -0.143. The molecular weight excluding hydrogens is 594 g/mol. The average molecular weight is 624 g/mol. The summed E-state index contributed by atoms with van der Waals surface area (Å²) in [6, 6.07) is 12.4. The highest BCUT2D eigenvalue weighted by atomic mass is 127. The number of benzene rings is 2. The van der Waals surface area contributed by atoms with Crippen molar-refractivity contribution in [2.24, 2.45) is 5.92 Å². The zero-order chi connectivity index (χ0) is 26.4. The summed E-state index contributed by atoms with van der Waals surface area (Å²) in [7, 11) is 0. The van der Waals surface area contributed by atoms with Crippen molar-refractivity contribution in [3.63, 3.8) is 0 Å². The molecule has 2 aromatic carbocycles. The van der Waals surface area contributed by atoms with Crippen LogP contribution in [0.2, 0.25) is 0 Å². The van der Waals surface area contributed by atoms with Crippen LogP contribution in [0, 0.1) is 15.3 Å². The van der Waals surface area contributed by atoms with Crippen LogP contribution in [0.25, 0.3) is 0 Å². The summed E-state index contributed by atoms with van der Waals surface area (Å²) in [5.74, 6) is -0.823. The molecule has 3 N–H and O–H groups in total. The van der Waals surface area contributed by atoms with Crippen LogP contribution in [0.15, 0.2) is 60.2 Å². The van der Waals surface area contributed by atoms with E-state index in [9.17, 15) is 19.1 Å². The molecule has 8 nitrogen and oxygen atoms in total. The lowest BCUT2D eigenvalue weighted by Crippen LogP contribution is -2.56. The second-order valence-corrected chi connectivity index (χ2v) is 10.3. The molecule has 0 radical (unpaired) electrons. The molecule has 1 aliphatic heterocycles. The molecule has 0 saturated carbocycles. The van der Waals surface area contributed by atoms with Crippen molar-refractivity contribution in [1.29, 1.82) is 0 Å². The molecule has 10 heteroatoms. The third kappa shape index (κ3) is 6.86. The van der Waals surface area contributed by atoms with Crippen LogP contribution >= 0.6 is 22.6 Å². The van der Waals surface area contributed by atoms with E-state index in [0.29, 0.717) is 29.9 Å². The number of amides is 2. The van der Waals surface area contributed by atoms with Gasteiger partial charge in [-0.05, 0) is 64.9 Å². The summed E-state index contributed by atoms with van der Waals surface area (Å²) in [5, 5.41) is 23.3. The van der Waals surface area contributed by atoms with Crippen molar-refractivity contribution in [2.45, 2.75) is 37.6 Å². The molecule has 1 aliphatic carbocycles. The van der Waals surface area contributed by atoms with Crippen LogP contribution < -0.4 is 10.1 Å². The molecule has 0 bridgehead atoms. The summed E-state index contributed by atoms with van der Waals surface area (Å²) in [4.78, 5) is 28.2. The zero-order valence-electron chi connectivity index (χ0n) is 20.2. The van der Waals surface area contributed by atoms with E-state index in [-0.39, 0.29) is 50.4 Å². The van der Waals surface area contributed by atoms with Crippen LogP contribution in [0.1, 0.15) is 18.4 Å². The van der Waals surface area contributed by atoms with Gasteiger partial charge in [-0.15, -0.1) is 0 Å². The van der Waals surface area contributed by atoms with Crippen LogP contribution in [0.3, 0.4) is 0 Å². The maximum Gasteiger partial charge on any atom is 0.247 e. The van der Waals surface area contributed by atoms with Gasteiger partial charge in [0.25, 0.3) is 0 Å². The Morgan fingerprint density at radius 1 is 1.19 bits per heavy atom. The maximum atomic E-state index is 13.7. The highest BCUT2D eigenvalue weighted by Crippen LogP contribution is 2.32. The van der Waals surface area contributed by atoms with Crippen LogP contribution in [0.5, 0.6) is 5.75 Å². The minimum atomic E-state index is -1.14. The summed E-state index contributed by atoms with van der Waals surface area (Å²) >= 11 is 2.13. The van der Waals surface area contributed by atoms with Gasteiger partial charge >= 0.3 is 0 Å². The highest BCUT2D eigenvalue weighted by molar-refractivity contribution is 14.1. The number of nitrogens with zero attached hydrogens (tertiary/aromatic N) is 1. The molecular formula is C27H30FIN2O6. The van der Waals surface area contributed by atoms with E-state index in [0.717, 1.165) is 3.57 Å². The number of carbonyl (C=O) groups excluding carboxylic acids is 2. The second-order valence-electron chi connectivity index (χ2n) is 9.10. The summed E-state index contributed by atoms with van der Waals surface area (Å²) in [5.41, 5.74) is 1.04. The Kier molecular flexibility index (Phi) is 9.52. The number of rotatable bonds is 9. The molecule has 4 unspecified atom stereocenters. The van der Waals surface area contributed by atoms with Crippen molar-refractivity contribution in [3.8, 4) is 5.75 Å². The minimum Gasteiger partial charge on any atom is -0.482 e. The first-order valence-corrected chi connectivity index (χ1v) is 13.3. The fourth-order valence-electron chi connectivity index (χ4n) is 4.58. The fourth-order valence-corrected chi connectivity index (χ4v) is 5.09. The molecule has 37 heavy (non-hydrogen) atoms. The minimum absolute atomic E-state index is 0.0726. The Morgan fingerprint density at radius 3 is 2.62 bits per heavy atom. The molecule has 198 valence electrons. The van der Waals surface area contributed by atoms with Crippen LogP contribution in [0.4, 0.5) is 4.39 Å². The third-order valence-electron chi connectivity index (χ3n) is 6.54. The number of ether oxygens (including phenoxy) is 2. The molecule has 1 heterocycles. The van der Waals surface area contributed by atoms with Gasteiger partial charge in [0, 0.05) is 31.7 Å². The standard InChI is InChI=1S/C27H30FIN2O6/c28-20-7-5-17(6-8-20)15-31(27(35)18-9-12-36-16-18)22-13-19(26(34)30-10-11-32)14-24(25(22)33)37-23-4-2-1-3-21(23)29/h1-8,14,18,22,24-25,32-33H,9-13,15-16H2,(H,30,34). The van der Waals surface area contributed by atoms with Crippen molar-refractivity contribution in [1.82, 2.24) is 10.2 Å². The molecule has 4 atom stereocenters. The quantitative estimate of drug-likeness (QED) is 0.370. The van der Waals surface area contributed by atoms with Gasteiger partial charge in [0.2, 0.25) is 11.8 Å². The molecule has 1 saturated heterocycles. The van der Waals surface area contributed by atoms with E-state index in [2.05, 4.69) is 27.9 Å². The van der Waals surface area contributed by atoms with Gasteiger partial charge in [-0.3, -0.25) is 9.59 Å². The highest BCUT2D eigenvalue weighted by Gasteiger charge is 2.42. The Bertz CT molecular complexity index is 1120. The first kappa shape index (κ1) is 27.5. The molecule has 2 amide bonds. The predicted molar refractivity (Wildman–Crippen MR) is 142 cm³/mol. The first-order valence-electron chi connectivity index (χ1n) is 12.2. The number of aliphatic hydroxyl groups is 2. The second kappa shape index (κ2) is 12.8. The van der Waals surface area contributed by atoms with Gasteiger partial charge in [0.15, 0.2) is 0 Å². The lowest BCUT2D eigenvalue weighted by atomic mass is 9.87. The van der Waals surface area contributed by atoms with Crippen molar-refractivity contribution in [3.05, 3.63) is 75.1 Å². The maximum absolute atomic E-state index is 13.7. The third-order valence-corrected chi connectivity index (χ3v) is 7.43. The zero-order valence-corrected chi connectivity index (χ0v) is 22.3. The van der Waals surface area contributed by atoms with E-state index in [1.54, 1.807) is 29.2 Å². The summed E-state index contributed by atoms with van der Waals surface area (Å²) in [6.45, 7) is 0.732. The molecule has 2 aromatic rings. The van der Waals surface area contributed by atoms with Gasteiger partial charge in [0.1, 0.15) is 23.8 Å². The lowest BCUT2D eigenvalue weighted by Gasteiger charge is -2.41. The van der Waals surface area contributed by atoms with E-state index in [4.69, 9.17) is 14.6 Å². The van der Waals surface area contributed by atoms with E-state index in [1.807, 2.05) is 18.2 Å². The Morgan fingerprint density at radius 2 is 1.95 bits per heavy atom. The molecule has 2 aliphatic rings. The number of halogens is 2. The molecule has 0 aromatic heterocycles. The smallest absolute Gasteiger partial charge is 0.247 e. The van der Waals surface area contributed by atoms with E-state index < -0.39 is 24.2 Å². The van der Waals surface area contributed by atoms with E-state index in [1.165, 1.54) is 12.1 Å². The van der Waals surface area contributed by atoms with Crippen molar-refractivity contribution in [2.75, 3.05) is 26.4 Å². The largest absolute Gasteiger partial charge is 0.482 e. The van der Waals surface area contributed by atoms with Gasteiger partial charge in [-0.2, -0.15) is 0 Å². The van der Waals surface area contributed by atoms with Crippen LogP contribution in [-0.4, -0.2) is 71.5 Å². The number of hydrogen-bond donors (Lipinski definition) is 3. The first-order chi connectivity index (χ1) is 17.9. The van der Waals surface area contributed by atoms with Gasteiger partial charge in [-0.25, -0.2) is 4.39 Å². The Balaban J connectivity index is 1.68. The summed E-state index contributed by atoms with van der Waals surface area (Å²) in [6.07, 6.45) is 0.176. The predicted octanol–water partition coefficient (Wildman–Crippen LogP) is 2.41. The van der Waals surface area contributed by atoms with Gasteiger partial charge in [0.05, 0.1) is 28.7 Å². The summed E-state index contributed by atoms with van der Waals surface area (Å²) < 4.78 is 26.0. The average Bonchev–Trinajstić information content (AvgIpc) is 3.44. The molecule has 4 rings (SSSR count). The monoisotopic (exact) mass is 624 g/mol. The van der Waals surface area contributed by atoms with Crippen molar-refractivity contribution >= 4 is 34.4 Å². The SMILES string of the molecule is O=C(NCCO)C1=CC(Oc2ccccc2I)C(O)C(N(Cc2ccc(F)cc2)C(=O)C2CCOC2)C1. The fraction of sp³-hybridized carbons (Fsp3) is 0.407. The molecule has 1 fully saturated rings. The normalized spacial score (nSPS) is 23.3. The Hall–Kier alpha value is -2.54. The van der Waals surface area contributed by atoms with Crippen molar-refractivity contribution < 1.29 is 33.7 Å². The number of para-hydroxylation sites is 1. The number of carbonyl (C=O) groups is 2. The van der Waals surface area contributed by atoms with Gasteiger partial charge < -0.3 is 29.9 Å². The van der Waals surface area contributed by atoms with E-state index >= 15 is 0 Å². The van der Waals surface area contributed by atoms with Gasteiger partial charge in [-0.1, -0.05) is 24.3 Å². The topological polar surface area (TPSA) is 108 Å². The Labute approximate surface area is 228 Å². The number of aliphatic hydroxyl groups excluding tert-OH is 2. The molecule has 0 spiro atoms. The number of nitrogens with one attached hydrogen (secondary N) is 1. The number of hydrogen-bond acceptors (Lipinski definition) is 6. The van der Waals surface area contributed by atoms with Crippen LogP contribution in [-0.2, 0) is 20.9 Å².